The minimum atomic E-state index is -4.96. The largest absolute Gasteiger partial charge is 0.416 e. The molecule has 3 aromatic rings. The molecular formula is C20H19F6N7O. The van der Waals surface area contributed by atoms with Crippen molar-refractivity contribution in [3.63, 3.8) is 0 Å². The zero-order valence-electron chi connectivity index (χ0n) is 17.5. The quantitative estimate of drug-likeness (QED) is 0.472. The van der Waals surface area contributed by atoms with Crippen molar-refractivity contribution >= 4 is 28.4 Å². The lowest BCUT2D eigenvalue weighted by molar-refractivity contribution is -0.143. The van der Waals surface area contributed by atoms with Gasteiger partial charge in [0.25, 0.3) is 0 Å². The van der Waals surface area contributed by atoms with E-state index in [1.54, 1.807) is 6.20 Å². The van der Waals surface area contributed by atoms with E-state index in [-0.39, 0.29) is 12.1 Å². The summed E-state index contributed by atoms with van der Waals surface area (Å²) in [4.78, 5) is 22.4. The second-order valence-corrected chi connectivity index (χ2v) is 7.83. The molecule has 0 saturated carbocycles. The van der Waals surface area contributed by atoms with Crippen LogP contribution in [0.25, 0.3) is 11.0 Å². The van der Waals surface area contributed by atoms with Crippen molar-refractivity contribution in [1.29, 1.82) is 0 Å². The Kier molecular flexibility index (Phi) is 6.23. The fraction of sp³-hybridized carbons (Fsp3) is 0.400. The molecule has 1 aliphatic rings. The molecule has 4 rings (SSSR count). The van der Waals surface area contributed by atoms with E-state index in [1.165, 1.54) is 11.2 Å². The van der Waals surface area contributed by atoms with Crippen LogP contribution in [-0.4, -0.2) is 56.6 Å². The zero-order chi connectivity index (χ0) is 24.5. The van der Waals surface area contributed by atoms with E-state index in [0.29, 0.717) is 48.5 Å². The number of nitrogens with zero attached hydrogens (tertiary/aromatic N) is 4. The van der Waals surface area contributed by atoms with Crippen LogP contribution in [0.3, 0.4) is 0 Å². The molecule has 0 spiro atoms. The number of rotatable bonds is 5. The van der Waals surface area contributed by atoms with E-state index in [1.807, 2.05) is 0 Å². The van der Waals surface area contributed by atoms with E-state index < -0.39 is 41.6 Å². The predicted octanol–water partition coefficient (Wildman–Crippen LogP) is 3.91. The topological polar surface area (TPSA) is 98.8 Å². The first kappa shape index (κ1) is 23.6. The van der Waals surface area contributed by atoms with E-state index in [0.717, 1.165) is 6.42 Å². The summed E-state index contributed by atoms with van der Waals surface area (Å²) in [5.74, 6) is 0.0911. The van der Waals surface area contributed by atoms with Crippen molar-refractivity contribution in [2.45, 2.75) is 31.2 Å². The van der Waals surface area contributed by atoms with Crippen LogP contribution in [0, 0.1) is 0 Å². The van der Waals surface area contributed by atoms with Gasteiger partial charge in [0.1, 0.15) is 12.1 Å². The van der Waals surface area contributed by atoms with Crippen molar-refractivity contribution in [2.24, 2.45) is 0 Å². The number of hydrogen-bond acceptors (Lipinski definition) is 6. The van der Waals surface area contributed by atoms with E-state index in [9.17, 15) is 31.1 Å². The second-order valence-electron chi connectivity index (χ2n) is 7.83. The molecule has 2 aromatic heterocycles. The Morgan fingerprint density at radius 2 is 1.79 bits per heavy atom. The number of fused-ring (bicyclic) bond motifs is 1. The number of benzene rings is 1. The number of halogens is 6. The lowest BCUT2D eigenvalue weighted by atomic mass is 10.1. The highest BCUT2D eigenvalue weighted by Crippen LogP contribution is 2.37. The number of aromatic amines is 1. The average Bonchev–Trinajstić information content (AvgIpc) is 3.26. The molecule has 0 aliphatic carbocycles. The van der Waals surface area contributed by atoms with Crippen LogP contribution in [0.2, 0.25) is 0 Å². The van der Waals surface area contributed by atoms with Gasteiger partial charge in [-0.2, -0.15) is 31.4 Å². The molecule has 1 saturated heterocycles. The van der Waals surface area contributed by atoms with Crippen molar-refractivity contribution in [2.75, 3.05) is 30.3 Å². The summed E-state index contributed by atoms with van der Waals surface area (Å²) in [6, 6.07) is 0.983. The fourth-order valence-electron chi connectivity index (χ4n) is 3.74. The highest BCUT2D eigenvalue weighted by molar-refractivity contribution is 5.85. The van der Waals surface area contributed by atoms with Gasteiger partial charge in [-0.15, -0.1) is 0 Å². The van der Waals surface area contributed by atoms with Crippen LogP contribution in [-0.2, 0) is 17.1 Å². The maximum atomic E-state index is 13.0. The molecule has 3 heterocycles. The first-order valence-corrected chi connectivity index (χ1v) is 10.2. The minimum absolute atomic E-state index is 0.0397. The van der Waals surface area contributed by atoms with E-state index >= 15 is 0 Å². The van der Waals surface area contributed by atoms with Crippen molar-refractivity contribution in [3.05, 3.63) is 41.9 Å². The van der Waals surface area contributed by atoms with Gasteiger partial charge in [0.05, 0.1) is 29.3 Å². The van der Waals surface area contributed by atoms with Crippen LogP contribution >= 0.6 is 0 Å². The molecule has 14 heteroatoms. The summed E-state index contributed by atoms with van der Waals surface area (Å²) >= 11 is 0. The van der Waals surface area contributed by atoms with Gasteiger partial charge in [0.2, 0.25) is 5.91 Å². The van der Waals surface area contributed by atoms with Gasteiger partial charge in [0.15, 0.2) is 5.65 Å². The third-order valence-electron chi connectivity index (χ3n) is 5.39. The molecule has 1 amide bonds. The molecule has 0 bridgehead atoms. The number of aromatic nitrogens is 4. The number of H-pyrrole nitrogens is 1. The van der Waals surface area contributed by atoms with Gasteiger partial charge in [0, 0.05) is 24.8 Å². The summed E-state index contributed by atoms with van der Waals surface area (Å²) in [6.45, 7) is 0.255. The number of likely N-dealkylation sites (tertiary alicyclic amines) is 1. The predicted molar refractivity (Wildman–Crippen MR) is 110 cm³/mol. The Bertz CT molecular complexity index is 1140. The van der Waals surface area contributed by atoms with Crippen LogP contribution in [0.15, 0.2) is 30.7 Å². The summed E-state index contributed by atoms with van der Waals surface area (Å²) in [5.41, 5.74) is -2.79. The number of amides is 1. The normalized spacial score (nSPS) is 17.1. The summed E-state index contributed by atoms with van der Waals surface area (Å²) < 4.78 is 78.2. The number of hydrogen-bond donors (Lipinski definition) is 3. The summed E-state index contributed by atoms with van der Waals surface area (Å²) in [6.07, 6.45) is -5.60. The molecule has 8 nitrogen and oxygen atoms in total. The number of nitrogens with one attached hydrogen (secondary N) is 3. The first-order chi connectivity index (χ1) is 16.0. The third-order valence-corrected chi connectivity index (χ3v) is 5.39. The van der Waals surface area contributed by atoms with Crippen LogP contribution in [0.4, 0.5) is 37.8 Å². The van der Waals surface area contributed by atoms with Gasteiger partial charge in [-0.05, 0) is 31.0 Å². The fourth-order valence-corrected chi connectivity index (χ4v) is 3.74. The average molecular weight is 487 g/mol. The molecule has 1 atom stereocenters. The van der Waals surface area contributed by atoms with Gasteiger partial charge in [-0.25, -0.2) is 9.97 Å². The molecule has 0 radical (unpaired) electrons. The maximum absolute atomic E-state index is 13.0. The SMILES string of the molecule is O=C(CNc1cc(C(F)(F)F)cc(C(F)(F)F)c1)N1CCC[C@H](Nc2ncnc3[nH]ncc23)C1. The Morgan fingerprint density at radius 1 is 1.09 bits per heavy atom. The Hall–Kier alpha value is -3.58. The smallest absolute Gasteiger partial charge is 0.376 e. The van der Waals surface area contributed by atoms with E-state index in [4.69, 9.17) is 0 Å². The van der Waals surface area contributed by atoms with Crippen LogP contribution in [0.5, 0.6) is 0 Å². The Labute approximate surface area is 188 Å². The van der Waals surface area contributed by atoms with Gasteiger partial charge in [-0.1, -0.05) is 0 Å². The Morgan fingerprint density at radius 3 is 2.47 bits per heavy atom. The Balaban J connectivity index is 1.41. The summed E-state index contributed by atoms with van der Waals surface area (Å²) in [5, 5.41) is 13.0. The van der Waals surface area contributed by atoms with E-state index in [2.05, 4.69) is 30.8 Å². The summed E-state index contributed by atoms with van der Waals surface area (Å²) in [7, 11) is 0. The lowest BCUT2D eigenvalue weighted by Crippen LogP contribution is -2.47. The monoisotopic (exact) mass is 487 g/mol. The molecule has 1 fully saturated rings. The highest BCUT2D eigenvalue weighted by Gasteiger charge is 2.37. The lowest BCUT2D eigenvalue weighted by Gasteiger charge is -2.33. The number of carbonyl (C=O) groups excluding carboxylic acids is 1. The molecule has 1 aliphatic heterocycles. The molecule has 1 aromatic carbocycles. The van der Waals surface area contributed by atoms with Gasteiger partial charge >= 0.3 is 12.4 Å². The van der Waals surface area contributed by atoms with Crippen molar-refractivity contribution in [3.8, 4) is 0 Å². The standard InChI is InChI=1S/C20H19F6N7O/c21-19(22,23)11-4-12(20(24,25)26)6-14(5-11)27-8-16(34)33-3-1-2-13(9-33)31-17-15-7-30-32-18(15)29-10-28-17/h4-7,10,13,27H,1-3,8-9H2,(H2,28,29,30,31,32)/t13-/m0/s1. The maximum Gasteiger partial charge on any atom is 0.416 e. The van der Waals surface area contributed by atoms with Crippen molar-refractivity contribution < 1.29 is 31.1 Å². The van der Waals surface area contributed by atoms with Gasteiger partial charge < -0.3 is 15.5 Å². The number of carbonyl (C=O) groups is 1. The number of alkyl halides is 6. The molecular weight excluding hydrogens is 468 g/mol. The van der Waals surface area contributed by atoms with Gasteiger partial charge in [-0.3, -0.25) is 9.89 Å². The van der Waals surface area contributed by atoms with Crippen LogP contribution in [0.1, 0.15) is 24.0 Å². The van der Waals surface area contributed by atoms with Crippen molar-refractivity contribution in [1.82, 2.24) is 25.1 Å². The molecule has 182 valence electrons. The number of anilines is 2. The third kappa shape index (κ3) is 5.31. The minimum Gasteiger partial charge on any atom is -0.376 e. The zero-order valence-corrected chi connectivity index (χ0v) is 17.5. The molecule has 3 N–H and O–H groups in total. The molecule has 34 heavy (non-hydrogen) atoms. The molecule has 0 unspecified atom stereocenters. The number of piperidine rings is 1. The van der Waals surface area contributed by atoms with Crippen LogP contribution < -0.4 is 10.6 Å². The second kappa shape index (κ2) is 8.99. The highest BCUT2D eigenvalue weighted by atomic mass is 19.4. The first-order valence-electron chi connectivity index (χ1n) is 10.2.